The molecule has 0 radical (unpaired) electrons. The minimum absolute atomic E-state index is 0.0200. The lowest BCUT2D eigenvalue weighted by Crippen LogP contribution is -2.33. The number of carbonyl (C=O) groups is 2. The van der Waals surface area contributed by atoms with Gasteiger partial charge < -0.3 is 19.6 Å². The molecule has 0 saturated heterocycles. The number of aromatic nitrogens is 3. The van der Waals surface area contributed by atoms with Crippen molar-refractivity contribution in [2.45, 2.75) is 39.3 Å². The Bertz CT molecular complexity index is 1990. The van der Waals surface area contributed by atoms with Gasteiger partial charge in [0.2, 0.25) is 0 Å². The fourth-order valence-corrected chi connectivity index (χ4v) is 6.28. The monoisotopic (exact) mass is 659 g/mol. The van der Waals surface area contributed by atoms with E-state index in [1.807, 2.05) is 25.1 Å². The highest BCUT2D eigenvalue weighted by Gasteiger charge is 2.27. The maximum atomic E-state index is 15.4. The van der Waals surface area contributed by atoms with E-state index in [0.717, 1.165) is 6.54 Å². The number of amides is 1. The summed E-state index contributed by atoms with van der Waals surface area (Å²) in [4.78, 5) is 48.7. The molecule has 5 rings (SSSR count). The van der Waals surface area contributed by atoms with Crippen molar-refractivity contribution in [1.29, 1.82) is 0 Å². The first kappa shape index (κ1) is 33.7. The Labute approximate surface area is 276 Å². The van der Waals surface area contributed by atoms with Crippen LogP contribution in [0.1, 0.15) is 45.1 Å². The minimum Gasteiger partial charge on any atom is -0.453 e. The van der Waals surface area contributed by atoms with E-state index in [9.17, 15) is 19.5 Å². The number of thiophene rings is 1. The molecule has 10 nitrogen and oxygen atoms in total. The molecule has 12 heteroatoms. The van der Waals surface area contributed by atoms with Gasteiger partial charge in [-0.05, 0) is 70.8 Å². The van der Waals surface area contributed by atoms with Gasteiger partial charge in [-0.25, -0.2) is 9.07 Å². The third-order valence-corrected chi connectivity index (χ3v) is 8.74. The first-order valence-electron chi connectivity index (χ1n) is 15.1. The molecule has 0 unspecified atom stereocenters. The predicted octanol–water partition coefficient (Wildman–Crippen LogP) is 5.32. The van der Waals surface area contributed by atoms with Gasteiger partial charge in [-0.3, -0.25) is 24.0 Å². The Balaban J connectivity index is 1.38. The number of ketones is 1. The summed E-state index contributed by atoms with van der Waals surface area (Å²) in [5.74, 6) is -1.00. The number of Topliss-reactive ketones (excluding diaryl/α,β-unsaturated/α-hetero) is 1. The summed E-state index contributed by atoms with van der Waals surface area (Å²) in [5, 5.41) is 10.5. The first-order valence-corrected chi connectivity index (χ1v) is 15.9. The lowest BCUT2D eigenvalue weighted by Gasteiger charge is -2.22. The molecule has 0 spiro atoms. The fourth-order valence-electron chi connectivity index (χ4n) is 5.22. The highest BCUT2D eigenvalue weighted by Crippen LogP contribution is 2.36. The zero-order chi connectivity index (χ0) is 34.0. The molecule has 0 atom stereocenters. The number of para-hydroxylation sites is 1. The van der Waals surface area contributed by atoms with Crippen LogP contribution in [-0.4, -0.2) is 80.8 Å². The van der Waals surface area contributed by atoms with Gasteiger partial charge in [-0.15, -0.1) is 11.3 Å². The average molecular weight is 660 g/mol. The molecular weight excluding hydrogens is 621 g/mol. The number of hydrogen-bond acceptors (Lipinski definition) is 8. The summed E-state index contributed by atoms with van der Waals surface area (Å²) in [6.45, 7) is 6.28. The second kappa shape index (κ2) is 13.6. The van der Waals surface area contributed by atoms with Gasteiger partial charge in [0, 0.05) is 44.5 Å². The molecule has 3 aromatic heterocycles. The van der Waals surface area contributed by atoms with E-state index in [1.54, 1.807) is 79.9 Å². The van der Waals surface area contributed by atoms with Crippen molar-refractivity contribution in [2.24, 2.45) is 0 Å². The highest BCUT2D eigenvalue weighted by molar-refractivity contribution is 7.21. The van der Waals surface area contributed by atoms with E-state index in [1.165, 1.54) is 34.3 Å². The molecule has 0 aliphatic carbocycles. The Kier molecular flexibility index (Phi) is 9.76. The van der Waals surface area contributed by atoms with E-state index in [0.29, 0.717) is 44.3 Å². The third-order valence-electron chi connectivity index (χ3n) is 7.61. The maximum absolute atomic E-state index is 15.4. The summed E-state index contributed by atoms with van der Waals surface area (Å²) >= 11 is 1.23. The Morgan fingerprint density at radius 1 is 1.02 bits per heavy atom. The summed E-state index contributed by atoms with van der Waals surface area (Å²) < 4.78 is 24.9. The molecule has 0 aliphatic heterocycles. The van der Waals surface area contributed by atoms with Gasteiger partial charge >= 0.3 is 0 Å². The molecule has 0 aliphatic rings. The van der Waals surface area contributed by atoms with Crippen molar-refractivity contribution >= 4 is 33.2 Å². The maximum Gasteiger partial charge on any atom is 0.282 e. The second-order valence-electron chi connectivity index (χ2n) is 12.4. The van der Waals surface area contributed by atoms with Crippen LogP contribution in [0.2, 0.25) is 0 Å². The van der Waals surface area contributed by atoms with E-state index >= 15 is 4.39 Å². The third kappa shape index (κ3) is 7.51. The number of benzene rings is 2. The topological polar surface area (TPSA) is 110 Å². The van der Waals surface area contributed by atoms with Gasteiger partial charge in [-0.2, -0.15) is 0 Å². The Hall–Kier alpha value is -4.65. The largest absolute Gasteiger partial charge is 0.453 e. The Morgan fingerprint density at radius 2 is 1.74 bits per heavy atom. The number of nitrogens with zero attached hydrogens (tertiary/aromatic N) is 5. The normalized spacial score (nSPS) is 11.8. The lowest BCUT2D eigenvalue weighted by atomic mass is 10.0. The van der Waals surface area contributed by atoms with Gasteiger partial charge in [0.1, 0.15) is 11.3 Å². The van der Waals surface area contributed by atoms with Crippen LogP contribution in [0.3, 0.4) is 0 Å². The van der Waals surface area contributed by atoms with E-state index in [-0.39, 0.29) is 30.2 Å². The second-order valence-corrected chi connectivity index (χ2v) is 13.5. The SMILES string of the molecule is Cc1c(C(=O)Cc2ccc(Oc3ccnc4cc(C(=O)N(C)CCN(C)C)sc34)c(F)c2)c(=O)n(-c2ccccc2)n1CC(C)(C)O. The number of ether oxygens (including phenoxy) is 1. The quantitative estimate of drug-likeness (QED) is 0.181. The van der Waals surface area contributed by atoms with E-state index < -0.39 is 22.8 Å². The number of likely N-dealkylation sites (N-methyl/N-ethyl adjacent to an activating group) is 2. The summed E-state index contributed by atoms with van der Waals surface area (Å²) in [5.41, 5.74) is 0.203. The van der Waals surface area contributed by atoms with Crippen LogP contribution in [0, 0.1) is 12.7 Å². The van der Waals surface area contributed by atoms with Crippen LogP contribution < -0.4 is 10.3 Å². The number of pyridine rings is 1. The number of carbonyl (C=O) groups excluding carboxylic acids is 2. The lowest BCUT2D eigenvalue weighted by molar-refractivity contribution is 0.0545. The van der Waals surface area contributed by atoms with Crippen LogP contribution in [-0.2, 0) is 13.0 Å². The van der Waals surface area contributed by atoms with Gasteiger partial charge in [0.05, 0.1) is 32.9 Å². The van der Waals surface area contributed by atoms with E-state index in [2.05, 4.69) is 4.98 Å². The Morgan fingerprint density at radius 3 is 2.40 bits per heavy atom. The molecule has 0 saturated carbocycles. The number of aliphatic hydroxyl groups is 1. The minimum atomic E-state index is -1.16. The van der Waals surface area contributed by atoms with Crippen LogP contribution in [0.4, 0.5) is 4.39 Å². The van der Waals surface area contributed by atoms with Gasteiger partial charge in [-0.1, -0.05) is 24.3 Å². The molecule has 1 N–H and O–H groups in total. The molecule has 1 amide bonds. The summed E-state index contributed by atoms with van der Waals surface area (Å²) in [7, 11) is 5.63. The predicted molar refractivity (Wildman–Crippen MR) is 181 cm³/mol. The zero-order valence-corrected chi connectivity index (χ0v) is 28.1. The molecule has 0 fully saturated rings. The summed E-state index contributed by atoms with van der Waals surface area (Å²) in [6, 6.07) is 16.4. The molecule has 0 bridgehead atoms. The molecule has 2 aromatic carbocycles. The number of rotatable bonds is 12. The van der Waals surface area contributed by atoms with Crippen molar-refractivity contribution in [2.75, 3.05) is 34.2 Å². The highest BCUT2D eigenvalue weighted by atomic mass is 32.1. The van der Waals surface area contributed by atoms with Gasteiger partial charge in [0.25, 0.3) is 11.5 Å². The standard InChI is InChI=1S/C35H38FN5O5S/c1-22-31(34(44)41(24-10-8-7-9-11-24)40(22)21-35(2,3)45)27(42)19-23-12-13-28(25(36)18-23)46-29-14-15-37-26-20-30(47-32(26)29)33(43)39(6)17-16-38(4)5/h7-15,18,20,45H,16-17,19,21H2,1-6H3. The van der Waals surface area contributed by atoms with E-state index in [4.69, 9.17) is 4.74 Å². The summed E-state index contributed by atoms with van der Waals surface area (Å²) in [6.07, 6.45) is 1.32. The molecule has 246 valence electrons. The number of halogens is 1. The van der Waals surface area contributed by atoms with Crippen LogP contribution in [0.15, 0.2) is 71.7 Å². The molecule has 5 aromatic rings. The fraction of sp³-hybridized carbons (Fsp3) is 0.314. The molecule has 47 heavy (non-hydrogen) atoms. The van der Waals surface area contributed by atoms with Crippen molar-refractivity contribution < 1.29 is 23.8 Å². The molecule has 3 heterocycles. The van der Waals surface area contributed by atoms with Crippen molar-refractivity contribution in [1.82, 2.24) is 24.1 Å². The number of fused-ring (bicyclic) bond motifs is 1. The smallest absolute Gasteiger partial charge is 0.282 e. The van der Waals surface area contributed by atoms with Gasteiger partial charge in [0.15, 0.2) is 17.3 Å². The average Bonchev–Trinajstić information content (AvgIpc) is 3.55. The first-order chi connectivity index (χ1) is 22.2. The van der Waals surface area contributed by atoms with Crippen LogP contribution in [0.25, 0.3) is 15.9 Å². The van der Waals surface area contributed by atoms with Crippen LogP contribution in [0.5, 0.6) is 11.5 Å². The van der Waals surface area contributed by atoms with Crippen molar-refractivity contribution in [3.8, 4) is 17.2 Å². The van der Waals surface area contributed by atoms with Crippen LogP contribution >= 0.6 is 11.3 Å². The number of hydrogen-bond donors (Lipinski definition) is 1. The van der Waals surface area contributed by atoms with Crippen molar-refractivity contribution in [3.63, 3.8) is 0 Å². The zero-order valence-electron chi connectivity index (χ0n) is 27.3. The van der Waals surface area contributed by atoms with Crippen molar-refractivity contribution in [3.05, 3.63) is 105 Å². The molecular formula is C35H38FN5O5S.